The van der Waals surface area contributed by atoms with Crippen molar-refractivity contribution in [2.24, 2.45) is 5.92 Å². The summed E-state index contributed by atoms with van der Waals surface area (Å²) < 4.78 is 12.2. The largest absolute Gasteiger partial charge is 0.506 e. The number of hydrogen-bond donors (Lipinski definition) is 2. The van der Waals surface area contributed by atoms with Crippen molar-refractivity contribution in [1.82, 2.24) is 4.90 Å². The van der Waals surface area contributed by atoms with Gasteiger partial charge in [-0.15, -0.1) is 0 Å². The van der Waals surface area contributed by atoms with Gasteiger partial charge in [-0.3, -0.25) is 13.8 Å². The van der Waals surface area contributed by atoms with Gasteiger partial charge in [-0.2, -0.15) is 0 Å². The number of phenols is 1. The molecule has 0 aromatic heterocycles. The summed E-state index contributed by atoms with van der Waals surface area (Å²) >= 11 is 0. The van der Waals surface area contributed by atoms with Gasteiger partial charge in [0.15, 0.2) is 0 Å². The fraction of sp³-hybridized carbons (Fsp3) is 0.333. The first-order valence-electron chi connectivity index (χ1n) is 9.36. The van der Waals surface area contributed by atoms with Crippen molar-refractivity contribution in [2.45, 2.75) is 24.7 Å². The zero-order chi connectivity index (χ0) is 20.1. The lowest BCUT2D eigenvalue weighted by Crippen LogP contribution is -2.41. The third-order valence-corrected chi connectivity index (χ3v) is 6.31. The number of nitrogens with one attached hydrogen (secondary N) is 1. The molecule has 1 fully saturated rings. The zero-order valence-electron chi connectivity index (χ0n) is 15.8. The molecule has 3 rings (SSSR count). The molecule has 0 spiro atoms. The second-order valence-corrected chi connectivity index (χ2v) is 8.41. The average Bonchev–Trinajstić information content (AvgIpc) is 2.74. The van der Waals surface area contributed by atoms with Crippen molar-refractivity contribution in [3.8, 4) is 5.75 Å². The summed E-state index contributed by atoms with van der Waals surface area (Å²) in [4.78, 5) is 27.7. The average molecular weight is 401 g/mol. The third-order valence-electron chi connectivity index (χ3n) is 4.94. The molecule has 2 aromatic carbocycles. The summed E-state index contributed by atoms with van der Waals surface area (Å²) in [6.07, 6.45) is 1.09. The van der Waals surface area contributed by atoms with Crippen LogP contribution in [0.1, 0.15) is 30.1 Å². The molecule has 148 valence electrons. The molecule has 0 bridgehead atoms. The number of carbonyl (C=O) groups excluding carboxylic acids is 2. The molecule has 1 saturated heterocycles. The van der Waals surface area contributed by atoms with Gasteiger partial charge in [-0.25, -0.2) is 0 Å². The summed E-state index contributed by atoms with van der Waals surface area (Å²) in [5, 5.41) is 12.6. The first-order valence-corrected chi connectivity index (χ1v) is 10.7. The molecule has 7 heteroatoms. The van der Waals surface area contributed by atoms with Crippen molar-refractivity contribution in [3.05, 3.63) is 54.1 Å². The molecule has 0 aliphatic carbocycles. The monoisotopic (exact) mass is 400 g/mol. The van der Waals surface area contributed by atoms with E-state index in [-0.39, 0.29) is 23.5 Å². The van der Waals surface area contributed by atoms with Gasteiger partial charge in [0.2, 0.25) is 5.91 Å². The Morgan fingerprint density at radius 3 is 2.43 bits per heavy atom. The predicted molar refractivity (Wildman–Crippen MR) is 109 cm³/mol. The number of hydrogen-bond acceptors (Lipinski definition) is 4. The molecule has 1 unspecified atom stereocenters. The number of carbonyl (C=O) groups is 2. The number of para-hydroxylation sites is 2. The van der Waals surface area contributed by atoms with Gasteiger partial charge in [0.1, 0.15) is 5.75 Å². The number of rotatable bonds is 5. The highest BCUT2D eigenvalue weighted by atomic mass is 32.2. The van der Waals surface area contributed by atoms with Gasteiger partial charge >= 0.3 is 0 Å². The van der Waals surface area contributed by atoms with Crippen molar-refractivity contribution < 1.29 is 18.9 Å². The minimum Gasteiger partial charge on any atom is -0.506 e. The Bertz CT molecular complexity index is 891. The van der Waals surface area contributed by atoms with Crippen molar-refractivity contribution in [3.63, 3.8) is 0 Å². The highest BCUT2D eigenvalue weighted by Crippen LogP contribution is 2.26. The molecular formula is C21H24N2O4S. The quantitative estimate of drug-likeness (QED) is 0.756. The molecule has 2 N–H and O–H groups in total. The highest BCUT2D eigenvalue weighted by Gasteiger charge is 2.29. The molecule has 1 atom stereocenters. The number of phenolic OH excluding ortho intramolecular Hbond substituents is 1. The number of nitrogens with zero attached hydrogens (tertiary/aromatic N) is 1. The van der Waals surface area contributed by atoms with Gasteiger partial charge in [-0.1, -0.05) is 31.2 Å². The SMILES string of the molecule is CCS(=O)c1ccccc1C(=O)N1CCC(C(=O)Nc2ccccc2O)CC1. The van der Waals surface area contributed by atoms with E-state index in [1.165, 1.54) is 6.07 Å². The molecule has 28 heavy (non-hydrogen) atoms. The van der Waals surface area contributed by atoms with Crippen LogP contribution in [0.4, 0.5) is 5.69 Å². The lowest BCUT2D eigenvalue weighted by atomic mass is 9.95. The van der Waals surface area contributed by atoms with E-state index in [0.717, 1.165) is 0 Å². The van der Waals surface area contributed by atoms with Gasteiger partial charge in [-0.05, 0) is 37.1 Å². The summed E-state index contributed by atoms with van der Waals surface area (Å²) in [5.41, 5.74) is 0.863. The van der Waals surface area contributed by atoms with E-state index >= 15 is 0 Å². The highest BCUT2D eigenvalue weighted by molar-refractivity contribution is 7.85. The number of aromatic hydroxyl groups is 1. The Balaban J connectivity index is 1.63. The van der Waals surface area contributed by atoms with Gasteiger partial charge < -0.3 is 15.3 Å². The Morgan fingerprint density at radius 2 is 1.75 bits per heavy atom. The standard InChI is InChI=1S/C21H24N2O4S/c1-2-28(27)19-10-6-3-7-16(19)21(26)23-13-11-15(12-14-23)20(25)22-17-8-4-5-9-18(17)24/h3-10,15,24H,2,11-14H2,1H3,(H,22,25). The van der Waals surface area contributed by atoms with Crippen LogP contribution in [0, 0.1) is 5.92 Å². The Kier molecular flexibility index (Phi) is 6.46. The second-order valence-electron chi connectivity index (χ2n) is 6.70. The molecule has 2 amide bonds. The van der Waals surface area contributed by atoms with E-state index in [0.29, 0.717) is 47.8 Å². The first kappa shape index (κ1) is 20.1. The Hall–Kier alpha value is -2.67. The van der Waals surface area contributed by atoms with Crippen LogP contribution >= 0.6 is 0 Å². The Labute approximate surface area is 167 Å². The van der Waals surface area contributed by atoms with Crippen molar-refractivity contribution >= 4 is 28.3 Å². The molecular weight excluding hydrogens is 376 g/mol. The smallest absolute Gasteiger partial charge is 0.255 e. The maximum atomic E-state index is 12.9. The fourth-order valence-corrected chi connectivity index (χ4v) is 4.27. The number of benzene rings is 2. The van der Waals surface area contributed by atoms with Crippen LogP contribution in [0.15, 0.2) is 53.4 Å². The van der Waals surface area contributed by atoms with E-state index in [1.807, 2.05) is 6.92 Å². The predicted octanol–water partition coefficient (Wildman–Crippen LogP) is 3.01. The van der Waals surface area contributed by atoms with Gasteiger partial charge in [0.05, 0.1) is 26.9 Å². The molecule has 1 heterocycles. The van der Waals surface area contributed by atoms with E-state index < -0.39 is 10.8 Å². The van der Waals surface area contributed by atoms with Gasteiger partial charge in [0, 0.05) is 24.8 Å². The topological polar surface area (TPSA) is 86.7 Å². The maximum absolute atomic E-state index is 12.9. The first-order chi connectivity index (χ1) is 13.5. The Morgan fingerprint density at radius 1 is 1.11 bits per heavy atom. The molecule has 1 aliphatic rings. The molecule has 0 saturated carbocycles. The number of piperidine rings is 1. The molecule has 0 radical (unpaired) electrons. The molecule has 1 aliphatic heterocycles. The normalized spacial score (nSPS) is 15.8. The summed E-state index contributed by atoms with van der Waals surface area (Å²) in [5.74, 6) is -0.0236. The van der Waals surface area contributed by atoms with E-state index in [2.05, 4.69) is 5.32 Å². The maximum Gasteiger partial charge on any atom is 0.255 e. The summed E-state index contributed by atoms with van der Waals surface area (Å²) in [6, 6.07) is 13.6. The summed E-state index contributed by atoms with van der Waals surface area (Å²) in [7, 11) is -1.20. The minimum absolute atomic E-state index is 0.0315. The van der Waals surface area contributed by atoms with Gasteiger partial charge in [0.25, 0.3) is 5.91 Å². The van der Waals surface area contributed by atoms with E-state index in [9.17, 15) is 18.9 Å². The summed E-state index contributed by atoms with van der Waals surface area (Å²) in [6.45, 7) is 2.75. The van der Waals surface area contributed by atoms with Crippen LogP contribution in [-0.2, 0) is 15.6 Å². The zero-order valence-corrected chi connectivity index (χ0v) is 16.6. The number of amides is 2. The van der Waals surface area contributed by atoms with E-state index in [4.69, 9.17) is 0 Å². The van der Waals surface area contributed by atoms with Crippen LogP contribution in [0.25, 0.3) is 0 Å². The lowest BCUT2D eigenvalue weighted by Gasteiger charge is -2.31. The minimum atomic E-state index is -1.20. The van der Waals surface area contributed by atoms with Crippen LogP contribution in [0.3, 0.4) is 0 Å². The van der Waals surface area contributed by atoms with E-state index in [1.54, 1.807) is 47.4 Å². The third kappa shape index (κ3) is 4.42. The lowest BCUT2D eigenvalue weighted by molar-refractivity contribution is -0.121. The van der Waals surface area contributed by atoms with Crippen molar-refractivity contribution in [2.75, 3.05) is 24.2 Å². The van der Waals surface area contributed by atoms with Crippen LogP contribution in [0.5, 0.6) is 5.75 Å². The fourth-order valence-electron chi connectivity index (χ4n) is 3.33. The van der Waals surface area contributed by atoms with Crippen LogP contribution in [-0.4, -0.2) is 44.9 Å². The molecule has 6 nitrogen and oxygen atoms in total. The van der Waals surface area contributed by atoms with Crippen LogP contribution < -0.4 is 5.32 Å². The number of likely N-dealkylation sites (tertiary alicyclic amines) is 1. The second kappa shape index (κ2) is 9.01. The molecule has 2 aromatic rings. The van der Waals surface area contributed by atoms with Crippen LogP contribution in [0.2, 0.25) is 0 Å². The van der Waals surface area contributed by atoms with Crippen molar-refractivity contribution in [1.29, 1.82) is 0 Å². The number of anilines is 1.